The first-order chi connectivity index (χ1) is 10.3. The molecule has 1 N–H and O–H groups in total. The van der Waals surface area contributed by atoms with Crippen molar-refractivity contribution in [3.8, 4) is 11.5 Å². The molecule has 0 bridgehead atoms. The highest BCUT2D eigenvalue weighted by Gasteiger charge is 2.06. The Morgan fingerprint density at radius 1 is 0.905 bits per heavy atom. The molecule has 0 aliphatic heterocycles. The summed E-state index contributed by atoms with van der Waals surface area (Å²) in [4.78, 5) is 0. The minimum Gasteiger partial charge on any atom is -0.497 e. The van der Waals surface area contributed by atoms with Crippen molar-refractivity contribution in [3.05, 3.63) is 59.7 Å². The number of benzene rings is 2. The zero-order chi connectivity index (χ0) is 15.1. The lowest BCUT2D eigenvalue weighted by Gasteiger charge is -2.07. The van der Waals surface area contributed by atoms with Gasteiger partial charge < -0.3 is 14.7 Å². The Kier molecular flexibility index (Phi) is 5.21. The largest absolute Gasteiger partial charge is 0.497 e. The Hall–Kier alpha value is -2.49. The smallest absolute Gasteiger partial charge is 0.118 e. The fourth-order valence-corrected chi connectivity index (χ4v) is 2.09. The van der Waals surface area contributed by atoms with Gasteiger partial charge in [0.1, 0.15) is 11.5 Å². The Labute approximate surface area is 124 Å². The fraction of sp³-hybridized carbons (Fsp3) is 0.235. The van der Waals surface area contributed by atoms with Crippen molar-refractivity contribution >= 4 is 5.71 Å². The van der Waals surface area contributed by atoms with Crippen molar-refractivity contribution < 1.29 is 14.7 Å². The van der Waals surface area contributed by atoms with E-state index in [4.69, 9.17) is 9.47 Å². The first-order valence-corrected chi connectivity index (χ1v) is 6.75. The van der Waals surface area contributed by atoms with Crippen LogP contribution in [0, 0.1) is 0 Å². The molecule has 0 heterocycles. The summed E-state index contributed by atoms with van der Waals surface area (Å²) in [7, 11) is 3.27. The van der Waals surface area contributed by atoms with Crippen LogP contribution in [0.4, 0.5) is 0 Å². The van der Waals surface area contributed by atoms with Gasteiger partial charge in [-0.25, -0.2) is 0 Å². The van der Waals surface area contributed by atoms with Gasteiger partial charge in [0.25, 0.3) is 0 Å². The van der Waals surface area contributed by atoms with Crippen LogP contribution in [-0.4, -0.2) is 25.1 Å². The molecule has 0 atom stereocenters. The van der Waals surface area contributed by atoms with E-state index in [1.807, 2.05) is 48.5 Å². The van der Waals surface area contributed by atoms with Crippen LogP contribution in [0.2, 0.25) is 0 Å². The van der Waals surface area contributed by atoms with Crippen molar-refractivity contribution in [2.24, 2.45) is 5.16 Å². The van der Waals surface area contributed by atoms with Crippen LogP contribution in [0.15, 0.2) is 53.7 Å². The van der Waals surface area contributed by atoms with Crippen molar-refractivity contribution in [2.45, 2.75) is 12.8 Å². The zero-order valence-corrected chi connectivity index (χ0v) is 12.2. The van der Waals surface area contributed by atoms with Crippen molar-refractivity contribution in [3.63, 3.8) is 0 Å². The van der Waals surface area contributed by atoms with E-state index in [9.17, 15) is 5.21 Å². The molecule has 21 heavy (non-hydrogen) atoms. The number of oxime groups is 1. The van der Waals surface area contributed by atoms with Gasteiger partial charge in [0.2, 0.25) is 0 Å². The molecule has 4 nitrogen and oxygen atoms in total. The summed E-state index contributed by atoms with van der Waals surface area (Å²) in [5.41, 5.74) is 2.73. The van der Waals surface area contributed by atoms with Crippen LogP contribution < -0.4 is 9.47 Å². The average Bonchev–Trinajstić information content (AvgIpc) is 2.56. The molecule has 0 radical (unpaired) electrons. The predicted octanol–water partition coefficient (Wildman–Crippen LogP) is 3.51. The number of ether oxygens (including phenoxy) is 2. The Morgan fingerprint density at radius 3 is 1.90 bits per heavy atom. The summed E-state index contributed by atoms with van der Waals surface area (Å²) in [6.07, 6.45) is 1.46. The maximum atomic E-state index is 9.20. The summed E-state index contributed by atoms with van der Waals surface area (Å²) in [6, 6.07) is 15.4. The number of hydrogen-bond donors (Lipinski definition) is 1. The SMILES string of the molecule is COc1ccc(CCC(=NO)c2ccc(OC)cc2)cc1. The van der Waals surface area contributed by atoms with Gasteiger partial charge >= 0.3 is 0 Å². The van der Waals surface area contributed by atoms with E-state index >= 15 is 0 Å². The molecule has 0 unspecified atom stereocenters. The molecular formula is C17H19NO3. The molecule has 0 aliphatic rings. The summed E-state index contributed by atoms with van der Waals surface area (Å²) < 4.78 is 10.3. The van der Waals surface area contributed by atoms with E-state index < -0.39 is 0 Å². The number of methoxy groups -OCH3 is 2. The lowest BCUT2D eigenvalue weighted by Crippen LogP contribution is -2.03. The third-order valence-corrected chi connectivity index (χ3v) is 3.35. The van der Waals surface area contributed by atoms with Gasteiger partial charge in [-0.2, -0.15) is 0 Å². The monoisotopic (exact) mass is 285 g/mol. The van der Waals surface area contributed by atoms with Crippen LogP contribution in [0.25, 0.3) is 0 Å². The summed E-state index contributed by atoms with van der Waals surface area (Å²) in [6.45, 7) is 0. The van der Waals surface area contributed by atoms with Crippen LogP contribution >= 0.6 is 0 Å². The standard InChI is InChI=1S/C17H19NO3/c1-20-15-8-3-13(4-9-15)5-12-17(18-19)14-6-10-16(21-2)11-7-14/h3-4,6-11,19H,5,12H2,1-2H3. The second kappa shape index (κ2) is 7.33. The summed E-state index contributed by atoms with van der Waals surface area (Å²) >= 11 is 0. The number of rotatable bonds is 6. The Balaban J connectivity index is 2.01. The van der Waals surface area contributed by atoms with Crippen LogP contribution in [0.1, 0.15) is 17.5 Å². The lowest BCUT2D eigenvalue weighted by molar-refractivity contribution is 0.318. The molecule has 110 valence electrons. The molecule has 2 aromatic rings. The van der Waals surface area contributed by atoms with E-state index in [1.165, 1.54) is 5.56 Å². The highest BCUT2D eigenvalue weighted by molar-refractivity contribution is 6.00. The van der Waals surface area contributed by atoms with Crippen molar-refractivity contribution in [1.82, 2.24) is 0 Å². The Bertz CT molecular complexity index is 588. The maximum absolute atomic E-state index is 9.20. The molecule has 0 fully saturated rings. The Morgan fingerprint density at radius 2 is 1.43 bits per heavy atom. The van der Waals surface area contributed by atoms with E-state index in [0.717, 1.165) is 23.5 Å². The first-order valence-electron chi connectivity index (χ1n) is 6.75. The summed E-state index contributed by atoms with van der Waals surface area (Å²) in [5.74, 6) is 1.62. The van der Waals surface area contributed by atoms with Gasteiger partial charge in [0.05, 0.1) is 19.9 Å². The maximum Gasteiger partial charge on any atom is 0.118 e. The molecular weight excluding hydrogens is 266 g/mol. The average molecular weight is 285 g/mol. The van der Waals surface area contributed by atoms with Gasteiger partial charge in [-0.1, -0.05) is 17.3 Å². The third-order valence-electron chi connectivity index (χ3n) is 3.35. The van der Waals surface area contributed by atoms with Crippen molar-refractivity contribution in [1.29, 1.82) is 0 Å². The van der Waals surface area contributed by atoms with E-state index in [2.05, 4.69) is 5.16 Å². The minimum absolute atomic E-state index is 0.661. The van der Waals surface area contributed by atoms with Crippen molar-refractivity contribution in [2.75, 3.05) is 14.2 Å². The lowest BCUT2D eigenvalue weighted by atomic mass is 10.0. The number of aryl methyl sites for hydroxylation is 1. The first kappa shape index (κ1) is 14.9. The fourth-order valence-electron chi connectivity index (χ4n) is 2.09. The molecule has 2 rings (SSSR count). The van der Waals surface area contributed by atoms with E-state index in [0.29, 0.717) is 12.1 Å². The molecule has 0 spiro atoms. The molecule has 0 aliphatic carbocycles. The molecule has 0 saturated carbocycles. The van der Waals surface area contributed by atoms with Gasteiger partial charge in [-0.15, -0.1) is 0 Å². The minimum atomic E-state index is 0.661. The molecule has 0 saturated heterocycles. The number of hydrogen-bond acceptors (Lipinski definition) is 4. The normalized spacial score (nSPS) is 11.2. The van der Waals surface area contributed by atoms with Crippen LogP contribution in [-0.2, 0) is 6.42 Å². The molecule has 0 amide bonds. The van der Waals surface area contributed by atoms with Gasteiger partial charge in [0.15, 0.2) is 0 Å². The topological polar surface area (TPSA) is 51.0 Å². The molecule has 0 aromatic heterocycles. The number of nitrogens with zero attached hydrogens (tertiary/aromatic N) is 1. The second-order valence-corrected chi connectivity index (χ2v) is 4.62. The van der Waals surface area contributed by atoms with Crippen LogP contribution in [0.5, 0.6) is 11.5 Å². The van der Waals surface area contributed by atoms with Crippen LogP contribution in [0.3, 0.4) is 0 Å². The molecule has 4 heteroatoms. The summed E-state index contributed by atoms with van der Waals surface area (Å²) in [5, 5.41) is 12.6. The van der Waals surface area contributed by atoms with Gasteiger partial charge in [-0.05, 0) is 60.4 Å². The van der Waals surface area contributed by atoms with Gasteiger partial charge in [0, 0.05) is 0 Å². The second-order valence-electron chi connectivity index (χ2n) is 4.62. The molecule has 2 aromatic carbocycles. The third kappa shape index (κ3) is 3.99. The highest BCUT2D eigenvalue weighted by Crippen LogP contribution is 2.16. The predicted molar refractivity (Wildman–Crippen MR) is 82.6 cm³/mol. The zero-order valence-electron chi connectivity index (χ0n) is 12.2. The highest BCUT2D eigenvalue weighted by atomic mass is 16.5. The quantitative estimate of drug-likeness (QED) is 0.502. The van der Waals surface area contributed by atoms with E-state index in [1.54, 1.807) is 14.2 Å². The van der Waals surface area contributed by atoms with Gasteiger partial charge in [-0.3, -0.25) is 0 Å². The van der Waals surface area contributed by atoms with E-state index in [-0.39, 0.29) is 0 Å².